The Balaban J connectivity index is 1.33. The molecule has 0 atom stereocenters. The number of piperidine rings is 1. The van der Waals surface area contributed by atoms with E-state index in [1.807, 2.05) is 4.90 Å². The lowest BCUT2D eigenvalue weighted by molar-refractivity contribution is -0.137. The van der Waals surface area contributed by atoms with Gasteiger partial charge in [0.05, 0.1) is 10.5 Å². The number of pyridine rings is 1. The van der Waals surface area contributed by atoms with Gasteiger partial charge in [-0.2, -0.15) is 13.2 Å². The molecule has 0 radical (unpaired) electrons. The predicted molar refractivity (Wildman–Crippen MR) is 121 cm³/mol. The van der Waals surface area contributed by atoms with Crippen LogP contribution in [-0.4, -0.2) is 44.5 Å². The number of nitrogens with zero attached hydrogens (tertiary/aromatic N) is 2. The first kappa shape index (κ1) is 24.5. The smallest absolute Gasteiger partial charge is 0.356 e. The lowest BCUT2D eigenvalue weighted by atomic mass is 10.0. The Morgan fingerprint density at radius 2 is 1.71 bits per heavy atom. The summed E-state index contributed by atoms with van der Waals surface area (Å²) in [7, 11) is -3.70. The van der Waals surface area contributed by atoms with Gasteiger partial charge in [0, 0.05) is 36.9 Å². The van der Waals surface area contributed by atoms with Crippen LogP contribution in [0.5, 0.6) is 0 Å². The number of carbonyl (C=O) groups excluding carboxylic acids is 1. The Morgan fingerprint density at radius 1 is 1.00 bits per heavy atom. The van der Waals surface area contributed by atoms with Gasteiger partial charge in [-0.05, 0) is 56.0 Å². The Labute approximate surface area is 196 Å². The molecule has 1 aliphatic carbocycles. The molecule has 0 spiro atoms. The average molecular weight is 497 g/mol. The van der Waals surface area contributed by atoms with Gasteiger partial charge in [-0.15, -0.1) is 0 Å². The Hall–Kier alpha value is -2.66. The molecule has 2 heterocycles. The Morgan fingerprint density at radius 3 is 2.32 bits per heavy atom. The molecule has 2 aromatic rings. The summed E-state index contributed by atoms with van der Waals surface area (Å²) < 4.78 is 66.3. The van der Waals surface area contributed by atoms with Gasteiger partial charge in [0.25, 0.3) is 5.91 Å². The standard InChI is InChI=1S/C23H27F3N4O3S/c24-23(25,26)17-8-9-21(27-15-17)30-12-10-18(11-13-30)28-22(31)16-4-3-7-20(14-16)34(32,33)29-19-5-1-2-6-19/h3-4,7-9,14-15,18-19,29H,1-2,5-6,10-13H2,(H,28,31). The molecule has 2 fully saturated rings. The van der Waals surface area contributed by atoms with E-state index in [4.69, 9.17) is 0 Å². The number of carbonyl (C=O) groups is 1. The SMILES string of the molecule is O=C(NC1CCN(c2ccc(C(F)(F)F)cn2)CC1)c1cccc(S(=O)(=O)NC2CCCC2)c1. The van der Waals surface area contributed by atoms with Gasteiger partial charge in [-0.1, -0.05) is 18.9 Å². The highest BCUT2D eigenvalue weighted by Crippen LogP contribution is 2.30. The third-order valence-corrected chi connectivity index (χ3v) is 7.83. The van der Waals surface area contributed by atoms with Gasteiger partial charge in [0.2, 0.25) is 10.0 Å². The van der Waals surface area contributed by atoms with Gasteiger partial charge in [0.15, 0.2) is 0 Å². The number of rotatable bonds is 6. The highest BCUT2D eigenvalue weighted by molar-refractivity contribution is 7.89. The third kappa shape index (κ3) is 5.87. The number of alkyl halides is 3. The van der Waals surface area contributed by atoms with E-state index >= 15 is 0 Å². The van der Waals surface area contributed by atoms with E-state index in [1.54, 1.807) is 12.1 Å². The van der Waals surface area contributed by atoms with Gasteiger partial charge < -0.3 is 10.2 Å². The van der Waals surface area contributed by atoms with Crippen LogP contribution >= 0.6 is 0 Å². The van der Waals surface area contributed by atoms with Crippen LogP contribution in [0.25, 0.3) is 0 Å². The minimum atomic E-state index is -4.42. The van der Waals surface area contributed by atoms with Gasteiger partial charge in [-0.3, -0.25) is 4.79 Å². The van der Waals surface area contributed by atoms with E-state index in [-0.39, 0.29) is 28.4 Å². The second-order valence-corrected chi connectivity index (χ2v) is 10.5. The summed E-state index contributed by atoms with van der Waals surface area (Å²) in [5, 5.41) is 2.94. The summed E-state index contributed by atoms with van der Waals surface area (Å²) in [6.07, 6.45) is 1.23. The van der Waals surface area contributed by atoms with Crippen molar-refractivity contribution in [2.24, 2.45) is 0 Å². The zero-order chi connectivity index (χ0) is 24.3. The molecule has 1 saturated heterocycles. The molecule has 0 bridgehead atoms. The topological polar surface area (TPSA) is 91.4 Å². The molecule has 11 heteroatoms. The highest BCUT2D eigenvalue weighted by atomic mass is 32.2. The predicted octanol–water partition coefficient (Wildman–Crippen LogP) is 3.72. The van der Waals surface area contributed by atoms with Crippen LogP contribution in [0, 0.1) is 0 Å². The summed E-state index contributed by atoms with van der Waals surface area (Å²) in [6.45, 7) is 1.06. The van der Waals surface area contributed by atoms with Crippen molar-refractivity contribution in [2.45, 2.75) is 61.7 Å². The molecule has 1 amide bonds. The second-order valence-electron chi connectivity index (χ2n) is 8.77. The van der Waals surface area contributed by atoms with Gasteiger partial charge in [-0.25, -0.2) is 18.1 Å². The van der Waals surface area contributed by atoms with Crippen LogP contribution in [0.4, 0.5) is 19.0 Å². The van der Waals surface area contributed by atoms with Crippen molar-refractivity contribution >= 4 is 21.7 Å². The molecule has 34 heavy (non-hydrogen) atoms. The van der Waals surface area contributed by atoms with Crippen LogP contribution in [0.15, 0.2) is 47.5 Å². The van der Waals surface area contributed by atoms with E-state index < -0.39 is 21.8 Å². The minimum Gasteiger partial charge on any atom is -0.356 e. The van der Waals surface area contributed by atoms with Crippen LogP contribution in [0.3, 0.4) is 0 Å². The lowest BCUT2D eigenvalue weighted by Gasteiger charge is -2.33. The molecule has 1 aromatic heterocycles. The summed E-state index contributed by atoms with van der Waals surface area (Å²) in [4.78, 5) is 18.6. The number of amides is 1. The van der Waals surface area contributed by atoms with Crippen molar-refractivity contribution in [3.63, 3.8) is 0 Å². The first-order chi connectivity index (χ1) is 16.1. The fraction of sp³-hybridized carbons (Fsp3) is 0.478. The maximum atomic E-state index is 12.8. The van der Waals surface area contributed by atoms with Crippen LogP contribution in [0.1, 0.15) is 54.4 Å². The number of hydrogen-bond acceptors (Lipinski definition) is 5. The summed E-state index contributed by atoms with van der Waals surface area (Å²) >= 11 is 0. The average Bonchev–Trinajstić information content (AvgIpc) is 3.31. The van der Waals surface area contributed by atoms with Crippen molar-refractivity contribution in [1.29, 1.82) is 0 Å². The van der Waals surface area contributed by atoms with Gasteiger partial charge >= 0.3 is 6.18 Å². The lowest BCUT2D eigenvalue weighted by Crippen LogP contribution is -2.45. The number of aromatic nitrogens is 1. The highest BCUT2D eigenvalue weighted by Gasteiger charge is 2.31. The van der Waals surface area contributed by atoms with Crippen molar-refractivity contribution in [1.82, 2.24) is 15.0 Å². The van der Waals surface area contributed by atoms with Crippen molar-refractivity contribution in [3.8, 4) is 0 Å². The molecule has 184 valence electrons. The number of hydrogen-bond donors (Lipinski definition) is 2. The molecule has 1 saturated carbocycles. The minimum absolute atomic E-state index is 0.0631. The molecule has 1 aliphatic heterocycles. The number of nitrogens with one attached hydrogen (secondary N) is 2. The largest absolute Gasteiger partial charge is 0.417 e. The monoisotopic (exact) mass is 496 g/mol. The Bertz CT molecular complexity index is 1110. The fourth-order valence-electron chi connectivity index (χ4n) is 4.40. The molecule has 0 unspecified atom stereocenters. The zero-order valence-electron chi connectivity index (χ0n) is 18.5. The molecule has 1 aromatic carbocycles. The molecular weight excluding hydrogens is 469 g/mol. The number of benzene rings is 1. The third-order valence-electron chi connectivity index (χ3n) is 6.31. The fourth-order valence-corrected chi connectivity index (χ4v) is 5.75. The number of sulfonamides is 1. The summed E-state index contributed by atoms with van der Waals surface area (Å²) in [6, 6.07) is 8.16. The molecular formula is C23H27F3N4O3S. The van der Waals surface area contributed by atoms with E-state index in [1.165, 1.54) is 18.2 Å². The summed E-state index contributed by atoms with van der Waals surface area (Å²) in [5.41, 5.74) is -0.526. The molecule has 4 rings (SSSR count). The van der Waals surface area contributed by atoms with Crippen LogP contribution in [0.2, 0.25) is 0 Å². The Kier molecular flexibility index (Phi) is 7.13. The van der Waals surface area contributed by atoms with Crippen molar-refractivity contribution < 1.29 is 26.4 Å². The maximum absolute atomic E-state index is 12.8. The quantitative estimate of drug-likeness (QED) is 0.636. The number of halogens is 3. The van der Waals surface area contributed by atoms with Crippen molar-refractivity contribution in [2.75, 3.05) is 18.0 Å². The first-order valence-electron chi connectivity index (χ1n) is 11.3. The zero-order valence-corrected chi connectivity index (χ0v) is 19.3. The van der Waals surface area contributed by atoms with Gasteiger partial charge in [0.1, 0.15) is 5.82 Å². The molecule has 2 aliphatic rings. The maximum Gasteiger partial charge on any atom is 0.417 e. The van der Waals surface area contributed by atoms with E-state index in [9.17, 15) is 26.4 Å². The van der Waals surface area contributed by atoms with E-state index in [0.29, 0.717) is 31.7 Å². The molecule has 7 nitrogen and oxygen atoms in total. The second kappa shape index (κ2) is 9.91. The van der Waals surface area contributed by atoms with Crippen molar-refractivity contribution in [3.05, 3.63) is 53.7 Å². The van der Waals surface area contributed by atoms with Crippen LogP contribution < -0.4 is 14.9 Å². The normalized spacial score (nSPS) is 18.3. The summed E-state index contributed by atoms with van der Waals surface area (Å²) in [5.74, 6) is 0.106. The molecule has 2 N–H and O–H groups in total. The van der Waals surface area contributed by atoms with E-state index in [0.717, 1.165) is 37.9 Å². The first-order valence-corrected chi connectivity index (χ1v) is 12.8. The van der Waals surface area contributed by atoms with E-state index in [2.05, 4.69) is 15.0 Å². The number of anilines is 1. The van der Waals surface area contributed by atoms with Crippen LogP contribution in [-0.2, 0) is 16.2 Å².